The maximum Gasteiger partial charge on any atom is 0.162 e. The lowest BCUT2D eigenvalue weighted by Gasteiger charge is -2.12. The van der Waals surface area contributed by atoms with E-state index in [-0.39, 0.29) is 0 Å². The molecule has 0 unspecified atom stereocenters. The third-order valence-corrected chi connectivity index (χ3v) is 6.15. The molecule has 1 aliphatic carbocycles. The highest BCUT2D eigenvalue weighted by Crippen LogP contribution is 2.31. The van der Waals surface area contributed by atoms with Gasteiger partial charge in [-0.2, -0.15) is 5.10 Å². The summed E-state index contributed by atoms with van der Waals surface area (Å²) in [5.41, 5.74) is 6.61. The lowest BCUT2D eigenvalue weighted by atomic mass is 10.0. The van der Waals surface area contributed by atoms with Crippen molar-refractivity contribution in [3.63, 3.8) is 0 Å². The van der Waals surface area contributed by atoms with Crippen molar-refractivity contribution in [3.05, 3.63) is 72.9 Å². The fraction of sp³-hybridized carbons (Fsp3) is 0.231. The Hall–Kier alpha value is -3.80. The van der Waals surface area contributed by atoms with Crippen molar-refractivity contribution in [2.24, 2.45) is 0 Å². The maximum absolute atomic E-state index is 6.03. The number of benzene rings is 1. The molecule has 0 spiro atoms. The van der Waals surface area contributed by atoms with Gasteiger partial charge in [0.25, 0.3) is 0 Å². The molecule has 1 aromatic carbocycles. The first-order chi connectivity index (χ1) is 15.7. The highest BCUT2D eigenvalue weighted by atomic mass is 16.5. The number of hydrogen-bond donors (Lipinski definition) is 0. The minimum Gasteiger partial charge on any atom is -0.489 e. The van der Waals surface area contributed by atoms with Crippen LogP contribution in [0.1, 0.15) is 31.4 Å². The second-order valence-electron chi connectivity index (χ2n) is 8.40. The summed E-state index contributed by atoms with van der Waals surface area (Å²) < 4.78 is 7.85. The standard InChI is InChI=1S/C26H23N5O/c1-17-9-11-22-21(7-4-8-25(22)30-17)23-15-29-31-16-18(13-28-26(23)31)24-12-10-20(14-27-24)32-19-5-2-3-6-19/h4,7-16,19H,2-3,5-6H2,1H3. The molecular formula is C26H23N5O. The highest BCUT2D eigenvalue weighted by Gasteiger charge is 2.17. The summed E-state index contributed by atoms with van der Waals surface area (Å²) in [5.74, 6) is 0.830. The fourth-order valence-electron chi connectivity index (χ4n) is 4.51. The summed E-state index contributed by atoms with van der Waals surface area (Å²) in [4.78, 5) is 14.0. The SMILES string of the molecule is Cc1ccc2c(-c3cnn4cc(-c5ccc(OC6CCCC6)cn5)cnc34)cccc2n1. The normalized spacial score (nSPS) is 14.4. The number of aromatic nitrogens is 5. The topological polar surface area (TPSA) is 65.2 Å². The van der Waals surface area contributed by atoms with E-state index < -0.39 is 0 Å². The molecule has 0 amide bonds. The largest absolute Gasteiger partial charge is 0.489 e. The van der Waals surface area contributed by atoms with Gasteiger partial charge in [0, 0.05) is 34.6 Å². The second-order valence-corrected chi connectivity index (χ2v) is 8.40. The van der Waals surface area contributed by atoms with E-state index in [1.165, 1.54) is 12.8 Å². The number of ether oxygens (including phenoxy) is 1. The van der Waals surface area contributed by atoms with E-state index in [1.807, 2.05) is 60.4 Å². The van der Waals surface area contributed by atoms with Crippen LogP contribution < -0.4 is 4.74 Å². The van der Waals surface area contributed by atoms with Crippen molar-refractivity contribution in [2.45, 2.75) is 38.7 Å². The van der Waals surface area contributed by atoms with Crippen LogP contribution in [-0.4, -0.2) is 30.7 Å². The Bertz CT molecular complexity index is 1420. The second kappa shape index (κ2) is 7.71. The molecule has 1 saturated carbocycles. The lowest BCUT2D eigenvalue weighted by Crippen LogP contribution is -2.10. The van der Waals surface area contributed by atoms with Gasteiger partial charge in [0.15, 0.2) is 5.65 Å². The van der Waals surface area contributed by atoms with Crippen LogP contribution >= 0.6 is 0 Å². The van der Waals surface area contributed by atoms with E-state index in [2.05, 4.69) is 27.2 Å². The first kappa shape index (κ1) is 18.9. The monoisotopic (exact) mass is 421 g/mol. The van der Waals surface area contributed by atoms with Gasteiger partial charge in [0.1, 0.15) is 5.75 Å². The molecule has 0 bridgehead atoms. The molecule has 32 heavy (non-hydrogen) atoms. The van der Waals surface area contributed by atoms with Gasteiger partial charge in [0.2, 0.25) is 0 Å². The lowest BCUT2D eigenvalue weighted by molar-refractivity contribution is 0.209. The Morgan fingerprint density at radius 3 is 2.66 bits per heavy atom. The Morgan fingerprint density at radius 1 is 0.906 bits per heavy atom. The van der Waals surface area contributed by atoms with E-state index in [1.54, 1.807) is 6.20 Å². The molecule has 158 valence electrons. The molecule has 4 heterocycles. The zero-order valence-corrected chi connectivity index (χ0v) is 17.9. The van der Waals surface area contributed by atoms with Crippen molar-refractivity contribution in [1.29, 1.82) is 0 Å². The van der Waals surface area contributed by atoms with Gasteiger partial charge in [-0.3, -0.25) is 9.97 Å². The minimum atomic E-state index is 0.330. The fourth-order valence-corrected chi connectivity index (χ4v) is 4.51. The summed E-state index contributed by atoms with van der Waals surface area (Å²) in [6, 6.07) is 14.3. The van der Waals surface area contributed by atoms with Crippen LogP contribution in [0.15, 0.2) is 67.3 Å². The highest BCUT2D eigenvalue weighted by molar-refractivity contribution is 5.98. The molecule has 0 radical (unpaired) electrons. The van der Waals surface area contributed by atoms with Crippen LogP contribution in [0.25, 0.3) is 38.9 Å². The number of hydrogen-bond acceptors (Lipinski definition) is 5. The third kappa shape index (κ3) is 3.38. The molecule has 0 N–H and O–H groups in total. The smallest absolute Gasteiger partial charge is 0.162 e. The predicted molar refractivity (Wildman–Crippen MR) is 125 cm³/mol. The molecule has 1 aliphatic rings. The number of fused-ring (bicyclic) bond motifs is 2. The maximum atomic E-state index is 6.03. The number of aryl methyl sites for hydroxylation is 1. The number of pyridine rings is 2. The number of nitrogens with zero attached hydrogens (tertiary/aromatic N) is 5. The van der Waals surface area contributed by atoms with Gasteiger partial charge in [-0.25, -0.2) is 9.50 Å². The first-order valence-electron chi connectivity index (χ1n) is 11.1. The molecule has 4 aromatic heterocycles. The van der Waals surface area contributed by atoms with Crippen molar-refractivity contribution in [2.75, 3.05) is 0 Å². The summed E-state index contributed by atoms with van der Waals surface area (Å²) >= 11 is 0. The Labute approximate surface area is 185 Å². The minimum absolute atomic E-state index is 0.330. The molecule has 6 rings (SSSR count). The molecule has 0 atom stereocenters. The predicted octanol–water partition coefficient (Wildman–Crippen LogP) is 5.64. The van der Waals surface area contributed by atoms with Gasteiger partial charge in [-0.1, -0.05) is 18.2 Å². The number of rotatable bonds is 4. The van der Waals surface area contributed by atoms with E-state index in [9.17, 15) is 0 Å². The van der Waals surface area contributed by atoms with Crippen LogP contribution in [-0.2, 0) is 0 Å². The Morgan fingerprint density at radius 2 is 1.81 bits per heavy atom. The first-order valence-corrected chi connectivity index (χ1v) is 11.1. The van der Waals surface area contributed by atoms with Crippen LogP contribution in [0, 0.1) is 6.92 Å². The van der Waals surface area contributed by atoms with Crippen molar-refractivity contribution in [1.82, 2.24) is 24.6 Å². The summed E-state index contributed by atoms with van der Waals surface area (Å²) in [5, 5.41) is 5.67. The average molecular weight is 422 g/mol. The molecule has 5 aromatic rings. The molecule has 1 fully saturated rings. The van der Waals surface area contributed by atoms with Gasteiger partial charge >= 0.3 is 0 Å². The van der Waals surface area contributed by atoms with E-state index in [4.69, 9.17) is 9.72 Å². The summed E-state index contributed by atoms with van der Waals surface area (Å²) in [6.07, 6.45) is 12.6. The van der Waals surface area contributed by atoms with Crippen molar-refractivity contribution < 1.29 is 4.74 Å². The quantitative estimate of drug-likeness (QED) is 0.376. The molecule has 6 nitrogen and oxygen atoms in total. The molecule has 0 aliphatic heterocycles. The van der Waals surface area contributed by atoms with Gasteiger partial charge in [-0.15, -0.1) is 0 Å². The van der Waals surface area contributed by atoms with Crippen LogP contribution in [0.2, 0.25) is 0 Å². The molecular weight excluding hydrogens is 398 g/mol. The van der Waals surface area contributed by atoms with Crippen molar-refractivity contribution in [3.8, 4) is 28.1 Å². The third-order valence-electron chi connectivity index (χ3n) is 6.15. The Kier molecular flexibility index (Phi) is 4.56. The van der Waals surface area contributed by atoms with Crippen molar-refractivity contribution >= 4 is 16.6 Å². The zero-order valence-electron chi connectivity index (χ0n) is 17.9. The van der Waals surface area contributed by atoms with E-state index in [0.717, 1.165) is 63.2 Å². The molecule has 6 heteroatoms. The zero-order chi connectivity index (χ0) is 21.5. The van der Waals surface area contributed by atoms with E-state index >= 15 is 0 Å². The van der Waals surface area contributed by atoms with Crippen LogP contribution in [0.5, 0.6) is 5.75 Å². The van der Waals surface area contributed by atoms with Gasteiger partial charge in [-0.05, 0) is 62.4 Å². The van der Waals surface area contributed by atoms with Gasteiger partial charge in [0.05, 0.1) is 29.7 Å². The average Bonchev–Trinajstić information content (AvgIpc) is 3.48. The summed E-state index contributed by atoms with van der Waals surface area (Å²) in [7, 11) is 0. The Balaban J connectivity index is 1.33. The van der Waals surface area contributed by atoms with Gasteiger partial charge < -0.3 is 4.74 Å². The van der Waals surface area contributed by atoms with Crippen LogP contribution in [0.3, 0.4) is 0 Å². The van der Waals surface area contributed by atoms with Crippen LogP contribution in [0.4, 0.5) is 0 Å². The van der Waals surface area contributed by atoms with E-state index in [0.29, 0.717) is 6.10 Å². The summed E-state index contributed by atoms with van der Waals surface area (Å²) in [6.45, 7) is 2.01. The molecule has 0 saturated heterocycles.